The monoisotopic (exact) mass is 386 g/mol. The number of rotatable bonds is 1. The number of benzene rings is 3. The molecule has 0 aliphatic carbocycles. The van der Waals surface area contributed by atoms with Gasteiger partial charge in [0, 0.05) is 0 Å². The van der Waals surface area contributed by atoms with Gasteiger partial charge < -0.3 is 0 Å². The van der Waals surface area contributed by atoms with E-state index in [1.807, 2.05) is 30.3 Å². The van der Waals surface area contributed by atoms with Crippen LogP contribution in [0.25, 0.3) is 10.8 Å². The molecule has 3 rings (SSSR count). The molecule has 0 bridgehead atoms. The second-order valence-electron chi connectivity index (χ2n) is 4.29. The van der Waals surface area contributed by atoms with Crippen LogP contribution in [0.2, 0.25) is 0 Å². The van der Waals surface area contributed by atoms with Gasteiger partial charge in [-0.1, -0.05) is 0 Å². The zero-order valence-electron chi connectivity index (χ0n) is 10.6. The van der Waals surface area contributed by atoms with E-state index in [0.717, 1.165) is 10.0 Å². The third-order valence-electron chi connectivity index (χ3n) is 2.95. The van der Waals surface area contributed by atoms with Gasteiger partial charge in [0.15, 0.2) is 0 Å². The summed E-state index contributed by atoms with van der Waals surface area (Å²) in [5.41, 5.74) is 1.08. The Kier molecular flexibility index (Phi) is 4.23. The summed E-state index contributed by atoms with van der Waals surface area (Å²) in [7, 11) is 0. The number of halogens is 1. The molecule has 2 heteroatoms. The van der Waals surface area contributed by atoms with Crippen molar-refractivity contribution in [3.05, 3.63) is 76.8 Å². The van der Waals surface area contributed by atoms with E-state index in [1.54, 1.807) is 0 Å². The van der Waals surface area contributed by atoms with Crippen LogP contribution in [0, 0.1) is 10.7 Å². The average Bonchev–Trinajstić information content (AvgIpc) is 2.49. The summed E-state index contributed by atoms with van der Waals surface area (Å²) in [6.45, 7) is 0. The molecule has 0 unspecified atom stereocenters. The van der Waals surface area contributed by atoms with E-state index in [-0.39, 0.29) is 15.0 Å². The van der Waals surface area contributed by atoms with Crippen molar-refractivity contribution >= 4 is 46.1 Å². The molecule has 0 aliphatic rings. The summed E-state index contributed by atoms with van der Waals surface area (Å²) in [5.74, 6) is 3.24. The van der Waals surface area contributed by atoms with Gasteiger partial charge in [0.1, 0.15) is 0 Å². The van der Waals surface area contributed by atoms with Crippen molar-refractivity contribution in [1.82, 2.24) is 0 Å². The van der Waals surface area contributed by atoms with Crippen LogP contribution in [-0.4, -0.2) is 15.0 Å². The number of hydrogen-bond acceptors (Lipinski definition) is 0. The molecule has 0 aromatic heterocycles. The fraction of sp³-hybridized carbons (Fsp3) is 0. The molecule has 96 valence electrons. The molecule has 3 aromatic rings. The van der Waals surface area contributed by atoms with Crippen LogP contribution < -0.4 is 4.46 Å². The van der Waals surface area contributed by atoms with Crippen molar-refractivity contribution in [2.75, 3.05) is 0 Å². The van der Waals surface area contributed by atoms with Crippen LogP contribution in [0.4, 0.5) is 0 Å². The van der Waals surface area contributed by atoms with E-state index in [1.165, 1.54) is 15.2 Å². The van der Waals surface area contributed by atoms with E-state index >= 15 is 0 Å². The Balaban J connectivity index is 1.95. The van der Waals surface area contributed by atoms with Gasteiger partial charge in [0.2, 0.25) is 0 Å². The second kappa shape index (κ2) is 6.29. The van der Waals surface area contributed by atoms with Crippen molar-refractivity contribution < 1.29 is 0 Å². The number of fused-ring (bicyclic) bond motifs is 1. The van der Waals surface area contributed by atoms with Gasteiger partial charge in [0.25, 0.3) is 0 Å². The van der Waals surface area contributed by atoms with Crippen LogP contribution in [0.1, 0.15) is 5.56 Å². The predicted octanol–water partition coefficient (Wildman–Crippen LogP) is 3.94. The van der Waals surface area contributed by atoms with Crippen molar-refractivity contribution in [2.24, 2.45) is 0 Å². The number of hydrogen-bond donors (Lipinski definition) is 0. The fourth-order valence-electron chi connectivity index (χ4n) is 2.01. The molecule has 0 saturated heterocycles. The summed E-state index contributed by atoms with van der Waals surface area (Å²) in [4.78, 5) is 3.33. The van der Waals surface area contributed by atoms with Gasteiger partial charge in [-0.15, -0.1) is 0 Å². The second-order valence-corrected chi connectivity index (χ2v) is 6.92. The van der Waals surface area contributed by atoms with E-state index in [4.69, 9.17) is 0 Å². The van der Waals surface area contributed by atoms with Crippen molar-refractivity contribution in [3.8, 4) is 10.7 Å². The molecule has 0 N–H and O–H groups in total. The minimum absolute atomic E-state index is 0.152. The summed E-state index contributed by atoms with van der Waals surface area (Å²) in [6.07, 6.45) is 0. The average molecular weight is 386 g/mol. The Morgan fingerprint density at radius 3 is 2.35 bits per heavy atom. The fourth-order valence-corrected chi connectivity index (χ4v) is 4.48. The standard InChI is InChI=1S/C18H11BrSe/c19-16-10-4-8-15-9-5-11-17(18(15)16)20-13-12-14-6-2-1-3-7-14/h1-11H. The van der Waals surface area contributed by atoms with Crippen LogP contribution >= 0.6 is 15.9 Å². The van der Waals surface area contributed by atoms with Crippen LogP contribution in [-0.2, 0) is 0 Å². The first kappa shape index (κ1) is 13.5. The summed E-state index contributed by atoms with van der Waals surface area (Å²) < 4.78 is 2.47. The topological polar surface area (TPSA) is 0 Å². The first-order valence-electron chi connectivity index (χ1n) is 6.25. The molecule has 0 fully saturated rings. The SMILES string of the molecule is Brc1cccc2cccc([Se]C#Cc3ccccc3)c12. The van der Waals surface area contributed by atoms with Crippen molar-refractivity contribution in [3.63, 3.8) is 0 Å². The molecule has 0 saturated carbocycles. The zero-order valence-corrected chi connectivity index (χ0v) is 13.9. The first-order chi connectivity index (χ1) is 9.84. The first-order valence-corrected chi connectivity index (χ1v) is 8.75. The molecule has 0 spiro atoms. The van der Waals surface area contributed by atoms with E-state index in [9.17, 15) is 0 Å². The Morgan fingerprint density at radius 2 is 1.55 bits per heavy atom. The molecule has 0 nitrogen and oxygen atoms in total. The van der Waals surface area contributed by atoms with E-state index in [0.29, 0.717) is 0 Å². The van der Waals surface area contributed by atoms with Crippen molar-refractivity contribution in [2.45, 2.75) is 0 Å². The van der Waals surface area contributed by atoms with Gasteiger partial charge in [-0.2, -0.15) is 0 Å². The Labute approximate surface area is 133 Å². The van der Waals surface area contributed by atoms with Crippen LogP contribution in [0.3, 0.4) is 0 Å². The molecular formula is C18H11BrSe. The molecule has 0 radical (unpaired) electrons. The predicted molar refractivity (Wildman–Crippen MR) is 90.4 cm³/mol. The maximum absolute atomic E-state index is 3.65. The summed E-state index contributed by atoms with van der Waals surface area (Å²) in [5, 5.41) is 2.55. The van der Waals surface area contributed by atoms with Gasteiger partial charge in [-0.3, -0.25) is 0 Å². The summed E-state index contributed by atoms with van der Waals surface area (Å²) >= 11 is 3.80. The third kappa shape index (κ3) is 2.97. The van der Waals surface area contributed by atoms with E-state index < -0.39 is 0 Å². The molecule has 3 aromatic carbocycles. The van der Waals surface area contributed by atoms with Crippen molar-refractivity contribution in [1.29, 1.82) is 0 Å². The Hall–Kier alpha value is -1.52. The molecule has 0 amide bonds. The van der Waals surface area contributed by atoms with Crippen LogP contribution in [0.15, 0.2) is 71.2 Å². The quantitative estimate of drug-likeness (QED) is 0.439. The molecule has 0 atom stereocenters. The third-order valence-corrected chi connectivity index (χ3v) is 5.21. The van der Waals surface area contributed by atoms with Gasteiger partial charge >= 0.3 is 134 Å². The normalized spacial score (nSPS) is 10.1. The molecular weight excluding hydrogens is 375 g/mol. The van der Waals surface area contributed by atoms with Gasteiger partial charge in [0.05, 0.1) is 0 Å². The summed E-state index contributed by atoms with van der Waals surface area (Å²) in [6, 6.07) is 22.9. The Morgan fingerprint density at radius 1 is 0.800 bits per heavy atom. The maximum atomic E-state index is 3.65. The zero-order chi connectivity index (χ0) is 13.8. The minimum atomic E-state index is 0.152. The Bertz CT molecular complexity index is 793. The van der Waals surface area contributed by atoms with E-state index in [2.05, 4.69) is 63.1 Å². The van der Waals surface area contributed by atoms with Gasteiger partial charge in [-0.25, -0.2) is 0 Å². The molecule has 0 heterocycles. The molecule has 0 aliphatic heterocycles. The van der Waals surface area contributed by atoms with Crippen LogP contribution in [0.5, 0.6) is 0 Å². The molecule has 20 heavy (non-hydrogen) atoms. The van der Waals surface area contributed by atoms with Gasteiger partial charge in [-0.05, 0) is 0 Å².